The Morgan fingerprint density at radius 3 is 2.95 bits per heavy atom. The average Bonchev–Trinajstić information content (AvgIpc) is 3.01. The van der Waals surface area contributed by atoms with Gasteiger partial charge in [-0.3, -0.25) is 0 Å². The molecule has 0 spiro atoms. The second kappa shape index (κ2) is 6.29. The minimum atomic E-state index is -0.00155. The van der Waals surface area contributed by atoms with Crippen LogP contribution in [0.15, 0.2) is 42.7 Å². The Hall–Kier alpha value is -1.84. The van der Waals surface area contributed by atoms with E-state index in [9.17, 15) is 0 Å². The number of rotatable bonds is 5. The van der Waals surface area contributed by atoms with Crippen molar-refractivity contribution in [3.05, 3.63) is 42.7 Å². The van der Waals surface area contributed by atoms with Gasteiger partial charge >= 0.3 is 129 Å². The molecule has 3 N–H and O–H groups in total. The number of nitrogens with zero attached hydrogens (tertiary/aromatic N) is 3. The van der Waals surface area contributed by atoms with Crippen molar-refractivity contribution in [1.82, 2.24) is 14.8 Å². The van der Waals surface area contributed by atoms with Crippen LogP contribution in [0, 0.1) is 0 Å². The summed E-state index contributed by atoms with van der Waals surface area (Å²) >= 11 is -0.00155. The molecule has 0 unspecified atom stereocenters. The Labute approximate surface area is 129 Å². The molecule has 0 saturated heterocycles. The molecule has 2 heterocycles. The molecule has 0 aliphatic heterocycles. The summed E-state index contributed by atoms with van der Waals surface area (Å²) < 4.78 is 3.08. The molecule has 21 heavy (non-hydrogen) atoms. The fourth-order valence-electron chi connectivity index (χ4n) is 2.18. The van der Waals surface area contributed by atoms with Crippen molar-refractivity contribution in [2.45, 2.75) is 11.6 Å². The predicted octanol–water partition coefficient (Wildman–Crippen LogP) is 1.13. The summed E-state index contributed by atoms with van der Waals surface area (Å²) in [7, 11) is 0. The number of aliphatic hydroxyl groups is 1. The van der Waals surface area contributed by atoms with E-state index >= 15 is 0 Å². The second-order valence-corrected chi connectivity index (χ2v) is 7.29. The quantitative estimate of drug-likeness (QED) is 0.538. The van der Waals surface area contributed by atoms with Crippen molar-refractivity contribution in [2.75, 3.05) is 12.3 Å². The van der Waals surface area contributed by atoms with E-state index in [-0.39, 0.29) is 22.4 Å². The van der Waals surface area contributed by atoms with Crippen molar-refractivity contribution < 1.29 is 5.11 Å². The molecule has 1 aromatic carbocycles. The van der Waals surface area contributed by atoms with Gasteiger partial charge in [0.25, 0.3) is 0 Å². The topological polar surface area (TPSA) is 77.0 Å². The van der Waals surface area contributed by atoms with Crippen LogP contribution in [-0.2, 0) is 0 Å². The van der Waals surface area contributed by atoms with Crippen LogP contribution in [0.3, 0.4) is 0 Å². The van der Waals surface area contributed by atoms with Crippen LogP contribution in [-0.4, -0.2) is 42.2 Å². The van der Waals surface area contributed by atoms with Gasteiger partial charge in [0.15, 0.2) is 0 Å². The first-order chi connectivity index (χ1) is 10.3. The SMILES string of the molecule is Nc1cc([As]CCCO)c2ccc(-n3cccn3)cc2n1. The molecule has 0 bridgehead atoms. The van der Waals surface area contributed by atoms with Crippen LogP contribution in [0.1, 0.15) is 6.42 Å². The summed E-state index contributed by atoms with van der Waals surface area (Å²) in [4.78, 5) is 4.44. The number of hydrogen-bond donors (Lipinski definition) is 2. The third kappa shape index (κ3) is 3.09. The Morgan fingerprint density at radius 2 is 2.19 bits per heavy atom. The van der Waals surface area contributed by atoms with E-state index in [1.807, 2.05) is 35.1 Å². The normalized spacial score (nSPS) is 11.7. The monoisotopic (exact) mass is 343 g/mol. The van der Waals surface area contributed by atoms with Crippen molar-refractivity contribution in [2.24, 2.45) is 0 Å². The summed E-state index contributed by atoms with van der Waals surface area (Å²) in [5.41, 5.74) is 7.81. The van der Waals surface area contributed by atoms with Crippen LogP contribution >= 0.6 is 0 Å². The Bertz CT molecular complexity index is 743. The fraction of sp³-hybridized carbons (Fsp3) is 0.200. The molecule has 0 fully saturated rings. The molecule has 3 rings (SSSR count). The van der Waals surface area contributed by atoms with Gasteiger partial charge in [-0.25, -0.2) is 0 Å². The zero-order chi connectivity index (χ0) is 14.7. The third-order valence-corrected chi connectivity index (χ3v) is 5.78. The summed E-state index contributed by atoms with van der Waals surface area (Å²) in [6.07, 6.45) is 4.50. The molecule has 0 saturated carbocycles. The number of benzene rings is 1. The van der Waals surface area contributed by atoms with Gasteiger partial charge in [0.2, 0.25) is 0 Å². The number of nitrogen functional groups attached to an aromatic ring is 1. The molecule has 2 aromatic heterocycles. The molecule has 0 aliphatic rings. The van der Waals surface area contributed by atoms with E-state index in [2.05, 4.69) is 16.1 Å². The number of aromatic nitrogens is 3. The molecule has 5 nitrogen and oxygen atoms in total. The van der Waals surface area contributed by atoms with Gasteiger partial charge in [0.1, 0.15) is 0 Å². The van der Waals surface area contributed by atoms with Crippen LogP contribution in [0.2, 0.25) is 5.21 Å². The van der Waals surface area contributed by atoms with E-state index in [1.165, 1.54) is 4.35 Å². The number of pyridine rings is 1. The van der Waals surface area contributed by atoms with E-state index < -0.39 is 0 Å². The van der Waals surface area contributed by atoms with E-state index in [4.69, 9.17) is 10.8 Å². The number of anilines is 1. The zero-order valence-electron chi connectivity index (χ0n) is 11.5. The second-order valence-electron chi connectivity index (χ2n) is 4.68. The zero-order valence-corrected chi connectivity index (χ0v) is 13.4. The van der Waals surface area contributed by atoms with Gasteiger partial charge < -0.3 is 0 Å². The Balaban J connectivity index is 2.01. The summed E-state index contributed by atoms with van der Waals surface area (Å²) in [6, 6.07) is 10.00. The maximum absolute atomic E-state index is 8.92. The minimum absolute atomic E-state index is 0.00155. The number of hydrogen-bond acceptors (Lipinski definition) is 4. The number of aliphatic hydroxyl groups excluding tert-OH is 1. The number of fused-ring (bicyclic) bond motifs is 1. The average molecular weight is 343 g/mol. The Kier molecular flexibility index (Phi) is 4.23. The molecule has 6 heteroatoms. The van der Waals surface area contributed by atoms with Crippen molar-refractivity contribution in [3.63, 3.8) is 0 Å². The van der Waals surface area contributed by atoms with E-state index in [1.54, 1.807) is 6.20 Å². The molecular weight excluding hydrogens is 327 g/mol. The first kappa shape index (κ1) is 14.1. The predicted molar refractivity (Wildman–Crippen MR) is 85.2 cm³/mol. The van der Waals surface area contributed by atoms with Crippen LogP contribution in [0.4, 0.5) is 5.82 Å². The third-order valence-electron chi connectivity index (χ3n) is 3.16. The van der Waals surface area contributed by atoms with Crippen LogP contribution in [0.5, 0.6) is 0 Å². The standard InChI is InChI=1S/C15H16AsN4O/c17-15-10-13(16-5-1-8-21)12-4-3-11(9-14(12)19-15)20-7-2-6-18-20/h2-4,6-7,9-10,21H,1,5,8H2,(H2,17,19). The Morgan fingerprint density at radius 1 is 1.29 bits per heavy atom. The molecule has 0 amide bonds. The number of nitrogens with two attached hydrogens (primary N) is 1. The van der Waals surface area contributed by atoms with Gasteiger partial charge in [0, 0.05) is 0 Å². The maximum atomic E-state index is 8.92. The van der Waals surface area contributed by atoms with E-state index in [0.29, 0.717) is 5.82 Å². The molecule has 0 atom stereocenters. The van der Waals surface area contributed by atoms with Crippen LogP contribution in [0.25, 0.3) is 16.6 Å². The molecule has 0 aliphatic carbocycles. The first-order valence-corrected chi connectivity index (χ1v) is 9.03. The van der Waals surface area contributed by atoms with Gasteiger partial charge in [-0.05, 0) is 0 Å². The van der Waals surface area contributed by atoms with Gasteiger partial charge in [-0.2, -0.15) is 0 Å². The molecular formula is C15H16AsN4O. The van der Waals surface area contributed by atoms with Crippen LogP contribution < -0.4 is 10.1 Å². The molecule has 107 valence electrons. The van der Waals surface area contributed by atoms with Crippen molar-refractivity contribution in [1.29, 1.82) is 0 Å². The first-order valence-electron chi connectivity index (χ1n) is 6.76. The van der Waals surface area contributed by atoms with E-state index in [0.717, 1.165) is 28.2 Å². The summed E-state index contributed by atoms with van der Waals surface area (Å²) in [6.45, 7) is 0.248. The van der Waals surface area contributed by atoms with Crippen molar-refractivity contribution in [3.8, 4) is 5.69 Å². The summed E-state index contributed by atoms with van der Waals surface area (Å²) in [5, 5.41) is 15.3. The van der Waals surface area contributed by atoms with Gasteiger partial charge in [0.05, 0.1) is 0 Å². The summed E-state index contributed by atoms with van der Waals surface area (Å²) in [5.74, 6) is 0.550. The molecule has 1 radical (unpaired) electrons. The van der Waals surface area contributed by atoms with Crippen molar-refractivity contribution >= 4 is 36.8 Å². The van der Waals surface area contributed by atoms with Gasteiger partial charge in [-0.15, -0.1) is 0 Å². The van der Waals surface area contributed by atoms with Gasteiger partial charge in [-0.1, -0.05) is 0 Å². The molecule has 3 aromatic rings. The fourth-order valence-corrected chi connectivity index (χ4v) is 4.54.